The second-order valence-corrected chi connectivity index (χ2v) is 7.04. The summed E-state index contributed by atoms with van der Waals surface area (Å²) in [5.74, 6) is -0.193. The van der Waals surface area contributed by atoms with Crippen molar-refractivity contribution in [1.82, 2.24) is 19.7 Å². The zero-order valence-corrected chi connectivity index (χ0v) is 15.7. The van der Waals surface area contributed by atoms with Crippen molar-refractivity contribution in [2.75, 3.05) is 5.32 Å². The van der Waals surface area contributed by atoms with Gasteiger partial charge in [-0.05, 0) is 55.3 Å². The van der Waals surface area contributed by atoms with Gasteiger partial charge < -0.3 is 0 Å². The van der Waals surface area contributed by atoms with E-state index < -0.39 is 0 Å². The van der Waals surface area contributed by atoms with Crippen LogP contribution in [0, 0.1) is 13.8 Å². The number of carbonyl (C=O) groups excluding carboxylic acids is 1. The summed E-state index contributed by atoms with van der Waals surface area (Å²) in [6, 6.07) is 13.4. The summed E-state index contributed by atoms with van der Waals surface area (Å²) in [6.07, 6.45) is 3.08. The third-order valence-corrected chi connectivity index (χ3v) is 5.10. The monoisotopic (exact) mass is 375 g/mol. The number of amides is 1. The van der Waals surface area contributed by atoms with Crippen LogP contribution < -0.4 is 5.32 Å². The molecule has 7 heteroatoms. The van der Waals surface area contributed by atoms with Crippen molar-refractivity contribution in [3.8, 4) is 16.9 Å². The predicted octanol–water partition coefficient (Wildman–Crippen LogP) is 4.26. The maximum Gasteiger partial charge on any atom is 0.257 e. The largest absolute Gasteiger partial charge is 0.298 e. The van der Waals surface area contributed by atoms with E-state index in [4.69, 9.17) is 0 Å². The summed E-state index contributed by atoms with van der Waals surface area (Å²) in [5, 5.41) is 9.46. The van der Waals surface area contributed by atoms with Gasteiger partial charge in [-0.25, -0.2) is 14.6 Å². The van der Waals surface area contributed by atoms with E-state index in [0.717, 1.165) is 16.9 Å². The van der Waals surface area contributed by atoms with Gasteiger partial charge in [0.1, 0.15) is 12.7 Å². The second-order valence-electron chi connectivity index (χ2n) is 6.18. The van der Waals surface area contributed by atoms with Crippen molar-refractivity contribution in [2.24, 2.45) is 0 Å². The lowest BCUT2D eigenvalue weighted by atomic mass is 10.1. The number of anilines is 1. The fourth-order valence-electron chi connectivity index (χ4n) is 2.64. The number of aryl methyl sites for hydroxylation is 2. The van der Waals surface area contributed by atoms with Gasteiger partial charge in [0.25, 0.3) is 5.91 Å². The molecule has 27 heavy (non-hydrogen) atoms. The molecular weight excluding hydrogens is 358 g/mol. The highest BCUT2D eigenvalue weighted by molar-refractivity contribution is 7.14. The number of hydrogen-bond donors (Lipinski definition) is 1. The summed E-state index contributed by atoms with van der Waals surface area (Å²) in [6.45, 7) is 4.16. The molecule has 2 heterocycles. The van der Waals surface area contributed by atoms with Crippen LogP contribution in [0.25, 0.3) is 16.9 Å². The molecule has 4 rings (SSSR count). The molecule has 134 valence electrons. The maximum absolute atomic E-state index is 12.5. The average Bonchev–Trinajstić information content (AvgIpc) is 3.36. The Morgan fingerprint density at radius 3 is 2.59 bits per heavy atom. The van der Waals surface area contributed by atoms with Crippen molar-refractivity contribution >= 4 is 22.4 Å². The number of aromatic nitrogens is 4. The molecule has 1 N–H and O–H groups in total. The molecule has 0 bridgehead atoms. The highest BCUT2D eigenvalue weighted by Gasteiger charge is 2.11. The first kappa shape index (κ1) is 17.1. The van der Waals surface area contributed by atoms with Crippen LogP contribution in [0.15, 0.2) is 60.5 Å². The number of rotatable bonds is 4. The minimum Gasteiger partial charge on any atom is -0.298 e. The first-order chi connectivity index (χ1) is 13.1. The minimum absolute atomic E-state index is 0.193. The fourth-order valence-corrected chi connectivity index (χ4v) is 3.36. The van der Waals surface area contributed by atoms with Gasteiger partial charge in [0.05, 0.1) is 11.4 Å². The van der Waals surface area contributed by atoms with E-state index in [2.05, 4.69) is 46.4 Å². The van der Waals surface area contributed by atoms with Gasteiger partial charge in [0, 0.05) is 16.5 Å². The van der Waals surface area contributed by atoms with E-state index in [-0.39, 0.29) is 5.91 Å². The Morgan fingerprint density at radius 2 is 1.89 bits per heavy atom. The van der Waals surface area contributed by atoms with Gasteiger partial charge in [-0.2, -0.15) is 5.10 Å². The molecule has 0 fully saturated rings. The van der Waals surface area contributed by atoms with Gasteiger partial charge in [0.15, 0.2) is 5.13 Å². The number of benzene rings is 2. The maximum atomic E-state index is 12.5. The van der Waals surface area contributed by atoms with Crippen molar-refractivity contribution in [1.29, 1.82) is 0 Å². The first-order valence-electron chi connectivity index (χ1n) is 8.40. The van der Waals surface area contributed by atoms with Crippen LogP contribution in [-0.2, 0) is 0 Å². The highest BCUT2D eigenvalue weighted by atomic mass is 32.1. The normalized spacial score (nSPS) is 10.7. The summed E-state index contributed by atoms with van der Waals surface area (Å²) in [5.41, 5.74) is 5.78. The number of hydrogen-bond acceptors (Lipinski definition) is 5. The molecule has 0 aliphatic carbocycles. The zero-order chi connectivity index (χ0) is 18.8. The second kappa shape index (κ2) is 7.13. The van der Waals surface area contributed by atoms with E-state index in [1.165, 1.54) is 28.8 Å². The van der Waals surface area contributed by atoms with E-state index in [9.17, 15) is 4.79 Å². The van der Waals surface area contributed by atoms with Crippen molar-refractivity contribution in [2.45, 2.75) is 13.8 Å². The summed E-state index contributed by atoms with van der Waals surface area (Å²) >= 11 is 1.41. The van der Waals surface area contributed by atoms with Gasteiger partial charge in [-0.3, -0.25) is 10.1 Å². The number of nitrogens with zero attached hydrogens (tertiary/aromatic N) is 4. The number of thiazole rings is 1. The molecule has 0 unspecified atom stereocenters. The standard InChI is InChI=1S/C20H17N5OS/c1-13-3-4-16(9-14(13)2)18-10-27-20(23-18)24-19(26)15-5-7-17(8-6-15)25-12-21-11-22-25/h3-12H,1-2H3,(H,23,24,26). The molecule has 0 spiro atoms. The summed E-state index contributed by atoms with van der Waals surface area (Å²) in [7, 11) is 0. The first-order valence-corrected chi connectivity index (χ1v) is 9.28. The Morgan fingerprint density at radius 1 is 1.07 bits per heavy atom. The Hall–Kier alpha value is -3.32. The smallest absolute Gasteiger partial charge is 0.257 e. The Bertz CT molecular complexity index is 1080. The molecule has 0 atom stereocenters. The van der Waals surface area contributed by atoms with Crippen LogP contribution in [0.3, 0.4) is 0 Å². The number of carbonyl (C=O) groups is 1. The van der Waals surface area contributed by atoms with Gasteiger partial charge in [-0.15, -0.1) is 11.3 Å². The lowest BCUT2D eigenvalue weighted by molar-refractivity contribution is 0.102. The van der Waals surface area contributed by atoms with Gasteiger partial charge in [0.2, 0.25) is 0 Å². The molecule has 0 saturated carbocycles. The van der Waals surface area contributed by atoms with Crippen molar-refractivity contribution < 1.29 is 4.79 Å². The van der Waals surface area contributed by atoms with E-state index in [1.54, 1.807) is 23.1 Å². The summed E-state index contributed by atoms with van der Waals surface area (Å²) < 4.78 is 1.64. The molecule has 1 amide bonds. The van der Waals surface area contributed by atoms with Crippen molar-refractivity contribution in [3.05, 3.63) is 77.2 Å². The van der Waals surface area contributed by atoms with E-state index >= 15 is 0 Å². The molecule has 0 aliphatic rings. The van der Waals surface area contributed by atoms with Crippen LogP contribution in [-0.4, -0.2) is 25.7 Å². The molecule has 0 saturated heterocycles. The molecule has 0 aliphatic heterocycles. The van der Waals surface area contributed by atoms with E-state index in [1.807, 2.05) is 23.6 Å². The third-order valence-electron chi connectivity index (χ3n) is 4.34. The lowest BCUT2D eigenvalue weighted by Crippen LogP contribution is -2.11. The Kier molecular flexibility index (Phi) is 4.52. The molecular formula is C20H17N5OS. The number of nitrogens with one attached hydrogen (secondary N) is 1. The quantitative estimate of drug-likeness (QED) is 0.578. The predicted molar refractivity (Wildman–Crippen MR) is 106 cm³/mol. The third kappa shape index (κ3) is 3.63. The Labute approximate surface area is 160 Å². The van der Waals surface area contributed by atoms with Crippen molar-refractivity contribution in [3.63, 3.8) is 0 Å². The average molecular weight is 375 g/mol. The topological polar surface area (TPSA) is 72.7 Å². The fraction of sp³-hybridized carbons (Fsp3) is 0.100. The minimum atomic E-state index is -0.193. The van der Waals surface area contributed by atoms with Gasteiger partial charge in [-0.1, -0.05) is 12.1 Å². The van der Waals surface area contributed by atoms with Crippen LogP contribution in [0.2, 0.25) is 0 Å². The van der Waals surface area contributed by atoms with Gasteiger partial charge >= 0.3 is 0 Å². The lowest BCUT2D eigenvalue weighted by Gasteiger charge is -2.04. The van der Waals surface area contributed by atoms with Crippen LogP contribution in [0.1, 0.15) is 21.5 Å². The summed E-state index contributed by atoms with van der Waals surface area (Å²) in [4.78, 5) is 20.9. The highest BCUT2D eigenvalue weighted by Crippen LogP contribution is 2.26. The SMILES string of the molecule is Cc1ccc(-c2csc(NC(=O)c3ccc(-n4cncn4)cc3)n2)cc1C. The van der Waals surface area contributed by atoms with Crippen LogP contribution in [0.5, 0.6) is 0 Å². The van der Waals surface area contributed by atoms with Crippen LogP contribution >= 0.6 is 11.3 Å². The Balaban J connectivity index is 1.48. The zero-order valence-electron chi connectivity index (χ0n) is 14.9. The molecule has 6 nitrogen and oxygen atoms in total. The molecule has 2 aromatic carbocycles. The van der Waals surface area contributed by atoms with Crippen LogP contribution in [0.4, 0.5) is 5.13 Å². The molecule has 2 aromatic heterocycles. The molecule has 0 radical (unpaired) electrons. The van der Waals surface area contributed by atoms with E-state index in [0.29, 0.717) is 10.7 Å². The molecule has 4 aromatic rings.